The number of sulfonamides is 1. The third-order valence-corrected chi connectivity index (χ3v) is 6.53. The van der Waals surface area contributed by atoms with Crippen LogP contribution < -0.4 is 5.32 Å². The average molecular weight is 442 g/mol. The summed E-state index contributed by atoms with van der Waals surface area (Å²) < 4.78 is 26.9. The second-order valence-corrected chi connectivity index (χ2v) is 8.58. The fourth-order valence-electron chi connectivity index (χ4n) is 3.02. The van der Waals surface area contributed by atoms with E-state index in [1.54, 1.807) is 6.08 Å². The number of hydrogen-bond acceptors (Lipinski definition) is 7. The minimum absolute atomic E-state index is 0.0967. The largest absolute Gasteiger partial charge is 0.505 e. The zero-order chi connectivity index (χ0) is 22.6. The van der Waals surface area contributed by atoms with E-state index in [2.05, 4.69) is 10.3 Å². The zero-order valence-corrected chi connectivity index (χ0v) is 17.0. The molecular formula is C20H18N4O6S. The molecule has 0 spiro atoms. The number of pyridine rings is 1. The van der Waals surface area contributed by atoms with Crippen LogP contribution in [-0.2, 0) is 14.8 Å². The fourth-order valence-corrected chi connectivity index (χ4v) is 4.41. The van der Waals surface area contributed by atoms with Crippen molar-refractivity contribution in [2.75, 3.05) is 19.6 Å². The zero-order valence-electron chi connectivity index (χ0n) is 16.1. The van der Waals surface area contributed by atoms with Crippen molar-refractivity contribution in [2.45, 2.75) is 11.3 Å². The van der Waals surface area contributed by atoms with Gasteiger partial charge in [-0.3, -0.25) is 9.59 Å². The number of aromatic hydroxyl groups is 1. The monoisotopic (exact) mass is 442 g/mol. The number of hydrogen-bond donors (Lipinski definition) is 3. The van der Waals surface area contributed by atoms with E-state index < -0.39 is 34.2 Å². The topological polar surface area (TPSA) is 161 Å². The number of carboxylic acids is 1. The van der Waals surface area contributed by atoms with Crippen molar-refractivity contribution < 1.29 is 28.2 Å². The van der Waals surface area contributed by atoms with Crippen LogP contribution >= 0.6 is 0 Å². The van der Waals surface area contributed by atoms with Crippen LogP contribution in [0, 0.1) is 11.3 Å². The van der Waals surface area contributed by atoms with Gasteiger partial charge in [-0.15, -0.1) is 0 Å². The van der Waals surface area contributed by atoms with Crippen molar-refractivity contribution in [1.29, 1.82) is 5.26 Å². The summed E-state index contributed by atoms with van der Waals surface area (Å²) >= 11 is 0. The standard InChI is InChI=1S/C20H18N4O6S/c21-10-13-1-3-16(4-2-13)31(29,30)24-7-5-14(6-8-24)15-9-17(25)19(22-11-15)20(28)23-12-18(26)27/h1-5,9,11,25H,6-8,12H2,(H,23,28)(H,26,27). The Bertz CT molecular complexity index is 1200. The Morgan fingerprint density at radius 2 is 1.97 bits per heavy atom. The molecule has 10 nitrogen and oxygen atoms in total. The Morgan fingerprint density at radius 1 is 1.26 bits per heavy atom. The van der Waals surface area contributed by atoms with Gasteiger partial charge < -0.3 is 15.5 Å². The number of carboxylic acid groups (broad SMARTS) is 1. The molecule has 1 amide bonds. The van der Waals surface area contributed by atoms with Crippen molar-refractivity contribution in [3.63, 3.8) is 0 Å². The summed E-state index contributed by atoms with van der Waals surface area (Å²) in [5.41, 5.74) is 1.35. The van der Waals surface area contributed by atoms with Gasteiger partial charge in [0.15, 0.2) is 5.69 Å². The third kappa shape index (κ3) is 4.88. The molecule has 3 N–H and O–H groups in total. The summed E-state index contributed by atoms with van der Waals surface area (Å²) in [5, 5.41) is 29.7. The Morgan fingerprint density at radius 3 is 2.52 bits per heavy atom. The van der Waals surface area contributed by atoms with E-state index in [1.165, 1.54) is 40.8 Å². The summed E-state index contributed by atoms with van der Waals surface area (Å²) in [4.78, 5) is 26.4. The molecule has 0 saturated carbocycles. The molecule has 2 aromatic rings. The molecule has 1 aliphatic heterocycles. The number of carbonyl (C=O) groups excluding carboxylic acids is 1. The van der Waals surface area contributed by atoms with E-state index in [0.717, 1.165) is 5.57 Å². The first-order valence-electron chi connectivity index (χ1n) is 9.11. The molecule has 31 heavy (non-hydrogen) atoms. The summed E-state index contributed by atoms with van der Waals surface area (Å²) in [5.74, 6) is -2.45. The van der Waals surface area contributed by atoms with E-state index in [9.17, 15) is 23.1 Å². The molecular weight excluding hydrogens is 424 g/mol. The van der Waals surface area contributed by atoms with Gasteiger partial charge in [0.2, 0.25) is 10.0 Å². The number of carbonyl (C=O) groups is 2. The molecule has 11 heteroatoms. The number of nitrogens with zero attached hydrogens (tertiary/aromatic N) is 3. The van der Waals surface area contributed by atoms with Crippen LogP contribution in [0.1, 0.15) is 28.0 Å². The number of nitriles is 1. The van der Waals surface area contributed by atoms with Gasteiger partial charge >= 0.3 is 5.97 Å². The highest BCUT2D eigenvalue weighted by Gasteiger charge is 2.27. The number of rotatable bonds is 6. The molecule has 0 unspecified atom stereocenters. The molecule has 0 atom stereocenters. The SMILES string of the molecule is N#Cc1ccc(S(=O)(=O)N2CC=C(c3cnc(C(=O)NCC(=O)O)c(O)c3)CC2)cc1. The highest BCUT2D eigenvalue weighted by molar-refractivity contribution is 7.89. The predicted octanol–water partition coefficient (Wildman–Crippen LogP) is 0.951. The van der Waals surface area contributed by atoms with Crippen molar-refractivity contribution in [2.24, 2.45) is 0 Å². The maximum atomic E-state index is 12.8. The first-order valence-corrected chi connectivity index (χ1v) is 10.5. The van der Waals surface area contributed by atoms with Gasteiger partial charge in [-0.05, 0) is 47.9 Å². The highest BCUT2D eigenvalue weighted by Crippen LogP contribution is 2.28. The van der Waals surface area contributed by atoms with Crippen LogP contribution in [0.4, 0.5) is 0 Å². The number of aliphatic carboxylic acids is 1. The van der Waals surface area contributed by atoms with Crippen molar-refractivity contribution >= 4 is 27.5 Å². The Balaban J connectivity index is 1.73. The smallest absolute Gasteiger partial charge is 0.322 e. The molecule has 1 aromatic carbocycles. The molecule has 0 fully saturated rings. The number of benzene rings is 1. The lowest BCUT2D eigenvalue weighted by Crippen LogP contribution is -2.34. The summed E-state index contributed by atoms with van der Waals surface area (Å²) in [7, 11) is -3.72. The van der Waals surface area contributed by atoms with Crippen molar-refractivity contribution in [3.8, 4) is 11.8 Å². The number of aromatic nitrogens is 1. The third-order valence-electron chi connectivity index (χ3n) is 4.65. The number of amides is 1. The molecule has 0 saturated heterocycles. The van der Waals surface area contributed by atoms with Gasteiger partial charge in [0.1, 0.15) is 12.3 Å². The average Bonchev–Trinajstić information content (AvgIpc) is 2.77. The maximum Gasteiger partial charge on any atom is 0.322 e. The lowest BCUT2D eigenvalue weighted by Gasteiger charge is -2.26. The van der Waals surface area contributed by atoms with E-state index in [-0.39, 0.29) is 23.7 Å². The second-order valence-electron chi connectivity index (χ2n) is 6.65. The van der Waals surface area contributed by atoms with E-state index in [1.807, 2.05) is 6.07 Å². The molecule has 3 rings (SSSR count). The normalized spacial score (nSPS) is 14.4. The maximum absolute atomic E-state index is 12.8. The Labute approximate surface area is 178 Å². The van der Waals surface area contributed by atoms with Crippen molar-refractivity contribution in [3.05, 3.63) is 59.4 Å². The van der Waals surface area contributed by atoms with Gasteiger partial charge in [0.05, 0.1) is 16.5 Å². The van der Waals surface area contributed by atoms with Crippen LogP contribution in [0.25, 0.3) is 5.57 Å². The van der Waals surface area contributed by atoms with Crippen molar-refractivity contribution in [1.82, 2.24) is 14.6 Å². The minimum atomic E-state index is -3.72. The van der Waals surface area contributed by atoms with Crippen LogP contribution in [0.5, 0.6) is 5.75 Å². The fraction of sp³-hybridized carbons (Fsp3) is 0.200. The van der Waals surface area contributed by atoms with Gasteiger partial charge in [-0.1, -0.05) is 6.08 Å². The lowest BCUT2D eigenvalue weighted by molar-refractivity contribution is -0.135. The first-order chi connectivity index (χ1) is 14.7. The second kappa shape index (κ2) is 8.95. The summed E-state index contributed by atoms with van der Waals surface area (Å²) in [6.45, 7) is -0.286. The highest BCUT2D eigenvalue weighted by atomic mass is 32.2. The van der Waals surface area contributed by atoms with Crippen LogP contribution in [-0.4, -0.2) is 59.4 Å². The van der Waals surface area contributed by atoms with E-state index >= 15 is 0 Å². The Hall–Kier alpha value is -3.75. The minimum Gasteiger partial charge on any atom is -0.505 e. The molecule has 2 heterocycles. The lowest BCUT2D eigenvalue weighted by atomic mass is 10.0. The Kier molecular flexibility index (Phi) is 6.33. The quantitative estimate of drug-likeness (QED) is 0.596. The van der Waals surface area contributed by atoms with Gasteiger partial charge in [-0.25, -0.2) is 13.4 Å². The van der Waals surface area contributed by atoms with Gasteiger partial charge in [-0.2, -0.15) is 9.57 Å². The van der Waals surface area contributed by atoms with Crippen LogP contribution in [0.15, 0.2) is 47.5 Å². The van der Waals surface area contributed by atoms with Crippen LogP contribution in [0.2, 0.25) is 0 Å². The van der Waals surface area contributed by atoms with E-state index in [4.69, 9.17) is 10.4 Å². The number of nitrogens with one attached hydrogen (secondary N) is 1. The molecule has 1 aliphatic rings. The van der Waals surface area contributed by atoms with Gasteiger partial charge in [0, 0.05) is 19.3 Å². The summed E-state index contributed by atoms with van der Waals surface area (Å²) in [6, 6.07) is 8.95. The summed E-state index contributed by atoms with van der Waals surface area (Å²) in [6.07, 6.45) is 3.43. The molecule has 160 valence electrons. The molecule has 0 aliphatic carbocycles. The van der Waals surface area contributed by atoms with Crippen LogP contribution in [0.3, 0.4) is 0 Å². The predicted molar refractivity (Wildman–Crippen MR) is 108 cm³/mol. The molecule has 0 bridgehead atoms. The molecule has 1 aromatic heterocycles. The van der Waals surface area contributed by atoms with E-state index in [0.29, 0.717) is 17.5 Å². The van der Waals surface area contributed by atoms with Gasteiger partial charge in [0.25, 0.3) is 5.91 Å². The molecule has 0 radical (unpaired) electrons. The first kappa shape index (κ1) is 21.9.